The van der Waals surface area contributed by atoms with E-state index in [1.54, 1.807) is 12.3 Å². The number of benzene rings is 1. The second-order valence-electron chi connectivity index (χ2n) is 6.61. The molecular weight excluding hydrogens is 300 g/mol. The molecule has 0 bridgehead atoms. The molecule has 126 valence electrons. The Hall–Kier alpha value is -2.43. The molecule has 1 aliphatic heterocycles. The van der Waals surface area contributed by atoms with Crippen LogP contribution in [-0.2, 0) is 6.54 Å². The van der Waals surface area contributed by atoms with E-state index in [0.717, 1.165) is 19.5 Å². The van der Waals surface area contributed by atoms with Gasteiger partial charge < -0.3 is 10.2 Å². The first-order valence-electron chi connectivity index (χ1n) is 8.53. The summed E-state index contributed by atoms with van der Waals surface area (Å²) in [5.41, 5.74) is 2.85. The van der Waals surface area contributed by atoms with E-state index in [1.165, 1.54) is 17.5 Å². The van der Waals surface area contributed by atoms with Crippen LogP contribution in [0.15, 0.2) is 36.5 Å². The fourth-order valence-corrected chi connectivity index (χ4v) is 3.10. The van der Waals surface area contributed by atoms with Gasteiger partial charge >= 0.3 is 0 Å². The van der Waals surface area contributed by atoms with Gasteiger partial charge in [0.05, 0.1) is 0 Å². The van der Waals surface area contributed by atoms with Crippen molar-refractivity contribution >= 4 is 11.9 Å². The highest BCUT2D eigenvalue weighted by Gasteiger charge is 2.23. The molecule has 1 amide bonds. The number of nitrogens with one attached hydrogen (secondary N) is 1. The summed E-state index contributed by atoms with van der Waals surface area (Å²) < 4.78 is 0. The van der Waals surface area contributed by atoms with Gasteiger partial charge in [0, 0.05) is 25.8 Å². The summed E-state index contributed by atoms with van der Waals surface area (Å²) in [4.78, 5) is 23.2. The molecule has 5 heteroatoms. The Morgan fingerprint density at radius 2 is 2.25 bits per heavy atom. The lowest BCUT2D eigenvalue weighted by Crippen LogP contribution is -2.39. The average molecular weight is 324 g/mol. The zero-order chi connectivity index (χ0) is 16.9. The van der Waals surface area contributed by atoms with E-state index in [-0.39, 0.29) is 5.91 Å². The van der Waals surface area contributed by atoms with Gasteiger partial charge in [0.2, 0.25) is 5.95 Å². The van der Waals surface area contributed by atoms with Crippen LogP contribution in [0.1, 0.15) is 41.4 Å². The maximum absolute atomic E-state index is 12.6. The number of carbonyl (C=O) groups is 1. The number of piperidine rings is 1. The van der Waals surface area contributed by atoms with Gasteiger partial charge in [0.25, 0.3) is 5.91 Å². The number of nitrogens with zero attached hydrogens (tertiary/aromatic N) is 3. The predicted molar refractivity (Wildman–Crippen MR) is 94.8 cm³/mol. The summed E-state index contributed by atoms with van der Waals surface area (Å²) in [5.74, 6) is 1.05. The minimum absolute atomic E-state index is 0.00237. The Labute approximate surface area is 143 Å². The van der Waals surface area contributed by atoms with Crippen LogP contribution in [0.4, 0.5) is 5.95 Å². The van der Waals surface area contributed by atoms with Crippen LogP contribution < -0.4 is 5.32 Å². The van der Waals surface area contributed by atoms with Gasteiger partial charge in [-0.3, -0.25) is 4.79 Å². The predicted octanol–water partition coefficient (Wildman–Crippen LogP) is 3.27. The van der Waals surface area contributed by atoms with Crippen LogP contribution in [0, 0.1) is 12.8 Å². The van der Waals surface area contributed by atoms with Crippen molar-refractivity contribution in [2.24, 2.45) is 5.92 Å². The number of aryl methyl sites for hydroxylation is 1. The molecule has 3 rings (SSSR count). The summed E-state index contributed by atoms with van der Waals surface area (Å²) in [6, 6.07) is 9.98. The molecule has 0 saturated carbocycles. The molecule has 1 saturated heterocycles. The highest BCUT2D eigenvalue weighted by Crippen LogP contribution is 2.17. The molecular formula is C19H24N4O. The first-order valence-corrected chi connectivity index (χ1v) is 8.53. The molecule has 0 radical (unpaired) electrons. The highest BCUT2D eigenvalue weighted by atomic mass is 16.2. The molecule has 1 aromatic heterocycles. The van der Waals surface area contributed by atoms with Crippen molar-refractivity contribution in [3.05, 3.63) is 53.3 Å². The fraction of sp³-hybridized carbons (Fsp3) is 0.421. The molecule has 0 aliphatic carbocycles. The third-order valence-electron chi connectivity index (χ3n) is 4.35. The minimum Gasteiger partial charge on any atom is -0.350 e. The lowest BCUT2D eigenvalue weighted by molar-refractivity contribution is 0.0677. The first-order chi connectivity index (χ1) is 11.6. The van der Waals surface area contributed by atoms with Crippen molar-refractivity contribution in [1.29, 1.82) is 0 Å². The highest BCUT2D eigenvalue weighted by molar-refractivity contribution is 5.92. The van der Waals surface area contributed by atoms with Crippen molar-refractivity contribution < 1.29 is 4.79 Å². The molecule has 2 aromatic rings. The zero-order valence-corrected chi connectivity index (χ0v) is 14.3. The maximum atomic E-state index is 12.6. The maximum Gasteiger partial charge on any atom is 0.272 e. The van der Waals surface area contributed by atoms with Crippen molar-refractivity contribution in [2.45, 2.75) is 33.2 Å². The lowest BCUT2D eigenvalue weighted by atomic mass is 10.00. The van der Waals surface area contributed by atoms with Crippen LogP contribution in [-0.4, -0.2) is 33.9 Å². The quantitative estimate of drug-likeness (QED) is 0.938. The van der Waals surface area contributed by atoms with Gasteiger partial charge in [-0.05, 0) is 37.3 Å². The van der Waals surface area contributed by atoms with Gasteiger partial charge in [-0.15, -0.1) is 0 Å². The average Bonchev–Trinajstić information content (AvgIpc) is 2.60. The molecule has 5 nitrogen and oxygen atoms in total. The van der Waals surface area contributed by atoms with E-state index >= 15 is 0 Å². The van der Waals surface area contributed by atoms with Gasteiger partial charge in [-0.1, -0.05) is 36.8 Å². The number of aromatic nitrogens is 2. The molecule has 0 spiro atoms. The van der Waals surface area contributed by atoms with E-state index in [4.69, 9.17) is 0 Å². The van der Waals surface area contributed by atoms with Crippen LogP contribution in [0.2, 0.25) is 0 Å². The van der Waals surface area contributed by atoms with Gasteiger partial charge in [-0.2, -0.15) is 0 Å². The first kappa shape index (κ1) is 16.4. The van der Waals surface area contributed by atoms with Crippen molar-refractivity contribution in [3.8, 4) is 0 Å². The third kappa shape index (κ3) is 4.10. The summed E-state index contributed by atoms with van der Waals surface area (Å²) in [7, 11) is 0. The molecule has 1 unspecified atom stereocenters. The molecule has 24 heavy (non-hydrogen) atoms. The van der Waals surface area contributed by atoms with Crippen molar-refractivity contribution in [2.75, 3.05) is 18.4 Å². The molecule has 1 aliphatic rings. The monoisotopic (exact) mass is 324 g/mol. The summed E-state index contributed by atoms with van der Waals surface area (Å²) in [5, 5.41) is 3.20. The van der Waals surface area contributed by atoms with Gasteiger partial charge in [-0.25, -0.2) is 9.97 Å². The molecule has 1 atom stereocenters. The van der Waals surface area contributed by atoms with E-state index in [2.05, 4.69) is 47.3 Å². The van der Waals surface area contributed by atoms with Crippen LogP contribution in [0.3, 0.4) is 0 Å². The smallest absolute Gasteiger partial charge is 0.272 e. The minimum atomic E-state index is 0.00237. The number of amides is 1. The standard InChI is InChI=1S/C19H24N4O/c1-14-5-3-7-16(11-14)12-21-19-20-9-8-17(22-19)18(24)23-10-4-6-15(2)13-23/h3,5,7-9,11,15H,4,6,10,12-13H2,1-2H3,(H,20,21,22). The number of hydrogen-bond donors (Lipinski definition) is 1. The number of rotatable bonds is 4. The Morgan fingerprint density at radius 3 is 3.04 bits per heavy atom. The van der Waals surface area contributed by atoms with Gasteiger partial charge in [0.15, 0.2) is 0 Å². The second kappa shape index (κ2) is 7.43. The number of anilines is 1. The third-order valence-corrected chi connectivity index (χ3v) is 4.35. The molecule has 2 heterocycles. The molecule has 1 aromatic carbocycles. The summed E-state index contributed by atoms with van der Waals surface area (Å²) in [6.45, 7) is 6.53. The Balaban J connectivity index is 1.66. The van der Waals surface area contributed by atoms with E-state index in [0.29, 0.717) is 24.1 Å². The zero-order valence-electron chi connectivity index (χ0n) is 14.3. The normalized spacial score (nSPS) is 17.6. The Kier molecular flexibility index (Phi) is 5.08. The van der Waals surface area contributed by atoms with Crippen LogP contribution in [0.5, 0.6) is 0 Å². The Morgan fingerprint density at radius 1 is 1.38 bits per heavy atom. The van der Waals surface area contributed by atoms with Crippen molar-refractivity contribution in [3.63, 3.8) is 0 Å². The largest absolute Gasteiger partial charge is 0.350 e. The van der Waals surface area contributed by atoms with E-state index in [9.17, 15) is 4.79 Å². The van der Waals surface area contributed by atoms with Crippen LogP contribution in [0.25, 0.3) is 0 Å². The SMILES string of the molecule is Cc1cccc(CNc2nccc(C(=O)N3CCCC(C)C3)n2)c1. The summed E-state index contributed by atoms with van der Waals surface area (Å²) in [6.07, 6.45) is 3.90. The molecule has 1 N–H and O–H groups in total. The molecule has 1 fully saturated rings. The second-order valence-corrected chi connectivity index (χ2v) is 6.61. The summed E-state index contributed by atoms with van der Waals surface area (Å²) >= 11 is 0. The fourth-order valence-electron chi connectivity index (χ4n) is 3.10. The Bertz CT molecular complexity index is 716. The topological polar surface area (TPSA) is 58.1 Å². The van der Waals surface area contributed by atoms with Crippen molar-refractivity contribution in [1.82, 2.24) is 14.9 Å². The number of likely N-dealkylation sites (tertiary alicyclic amines) is 1. The van der Waals surface area contributed by atoms with E-state index < -0.39 is 0 Å². The van der Waals surface area contributed by atoms with Gasteiger partial charge in [0.1, 0.15) is 5.69 Å². The lowest BCUT2D eigenvalue weighted by Gasteiger charge is -2.30. The van der Waals surface area contributed by atoms with E-state index in [1.807, 2.05) is 11.0 Å². The number of hydrogen-bond acceptors (Lipinski definition) is 4. The number of carbonyl (C=O) groups excluding carboxylic acids is 1. The van der Waals surface area contributed by atoms with Crippen LogP contribution >= 0.6 is 0 Å².